The van der Waals surface area contributed by atoms with Crippen molar-refractivity contribution in [2.45, 2.75) is 53.6 Å². The van der Waals surface area contributed by atoms with Crippen LogP contribution in [0, 0.1) is 19.8 Å². The van der Waals surface area contributed by atoms with Crippen molar-refractivity contribution < 1.29 is 19.1 Å². The number of aryl methyl sites for hydroxylation is 2. The second kappa shape index (κ2) is 6.86. The van der Waals surface area contributed by atoms with Crippen LogP contribution < -0.4 is 0 Å². The van der Waals surface area contributed by atoms with Crippen LogP contribution in [-0.4, -0.2) is 23.1 Å². The van der Waals surface area contributed by atoms with Crippen LogP contribution in [0.1, 0.15) is 55.6 Å². The smallest absolute Gasteiger partial charge is 0.317 e. The van der Waals surface area contributed by atoms with Crippen LogP contribution in [-0.2, 0) is 14.3 Å². The van der Waals surface area contributed by atoms with Crippen molar-refractivity contribution in [3.05, 3.63) is 34.9 Å². The van der Waals surface area contributed by atoms with Crippen molar-refractivity contribution in [2.75, 3.05) is 0 Å². The van der Waals surface area contributed by atoms with Crippen molar-refractivity contribution in [3.8, 4) is 0 Å². The number of carbonyl (C=O) groups excluding carboxylic acids is 3. The minimum atomic E-state index is -1.05. The fraction of sp³-hybridized carbons (Fsp3) is 0.500. The van der Waals surface area contributed by atoms with Gasteiger partial charge in [-0.15, -0.1) is 0 Å². The summed E-state index contributed by atoms with van der Waals surface area (Å²) in [4.78, 5) is 36.2. The summed E-state index contributed by atoms with van der Waals surface area (Å²) in [5.41, 5.74) is 1.76. The van der Waals surface area contributed by atoms with Gasteiger partial charge in [-0.3, -0.25) is 14.4 Å². The van der Waals surface area contributed by atoms with Gasteiger partial charge >= 0.3 is 5.97 Å². The summed E-state index contributed by atoms with van der Waals surface area (Å²) < 4.78 is 5.24. The molecule has 0 saturated heterocycles. The van der Waals surface area contributed by atoms with E-state index in [-0.39, 0.29) is 18.0 Å². The lowest BCUT2D eigenvalue weighted by atomic mass is 9.92. The van der Waals surface area contributed by atoms with Gasteiger partial charge in [0.25, 0.3) is 0 Å². The molecule has 4 heteroatoms. The molecule has 0 unspecified atom stereocenters. The van der Waals surface area contributed by atoms with Crippen molar-refractivity contribution in [2.24, 2.45) is 5.92 Å². The molecule has 0 aliphatic heterocycles. The number of hydrogen-bond donors (Lipinski definition) is 0. The first-order chi connectivity index (χ1) is 10.0. The molecule has 120 valence electrons. The molecule has 0 spiro atoms. The lowest BCUT2D eigenvalue weighted by molar-refractivity contribution is -0.161. The van der Waals surface area contributed by atoms with Crippen molar-refractivity contribution in [3.63, 3.8) is 0 Å². The zero-order valence-electron chi connectivity index (χ0n) is 14.1. The number of ketones is 2. The highest BCUT2D eigenvalue weighted by molar-refractivity contribution is 6.06. The summed E-state index contributed by atoms with van der Waals surface area (Å²) >= 11 is 0. The van der Waals surface area contributed by atoms with Gasteiger partial charge in [0.15, 0.2) is 5.78 Å². The van der Waals surface area contributed by atoms with Gasteiger partial charge in [-0.05, 0) is 47.1 Å². The average Bonchev–Trinajstić information content (AvgIpc) is 2.32. The van der Waals surface area contributed by atoms with E-state index in [9.17, 15) is 14.4 Å². The molecule has 0 heterocycles. The lowest BCUT2D eigenvalue weighted by Crippen LogP contribution is -2.33. The van der Waals surface area contributed by atoms with E-state index in [4.69, 9.17) is 4.74 Å². The maximum atomic E-state index is 12.4. The minimum absolute atomic E-state index is 0.159. The molecular formula is C18H24O4. The molecule has 1 aromatic rings. The van der Waals surface area contributed by atoms with Crippen LogP contribution in [0.5, 0.6) is 0 Å². The Morgan fingerprint density at radius 1 is 1.14 bits per heavy atom. The van der Waals surface area contributed by atoms with Crippen molar-refractivity contribution in [1.82, 2.24) is 0 Å². The average molecular weight is 304 g/mol. The molecule has 4 nitrogen and oxygen atoms in total. The van der Waals surface area contributed by atoms with Gasteiger partial charge in [0, 0.05) is 12.0 Å². The largest absolute Gasteiger partial charge is 0.459 e. The van der Waals surface area contributed by atoms with E-state index in [0.717, 1.165) is 11.1 Å². The maximum absolute atomic E-state index is 12.4. The maximum Gasteiger partial charge on any atom is 0.317 e. The highest BCUT2D eigenvalue weighted by Crippen LogP contribution is 2.19. The lowest BCUT2D eigenvalue weighted by Gasteiger charge is -2.22. The number of esters is 1. The topological polar surface area (TPSA) is 60.4 Å². The molecule has 1 aromatic carbocycles. The molecule has 0 radical (unpaired) electrons. The Labute approximate surface area is 131 Å². The van der Waals surface area contributed by atoms with E-state index in [0.29, 0.717) is 5.56 Å². The van der Waals surface area contributed by atoms with Crippen molar-refractivity contribution in [1.29, 1.82) is 0 Å². The van der Waals surface area contributed by atoms with Gasteiger partial charge in [-0.25, -0.2) is 0 Å². The molecule has 0 saturated carbocycles. The quantitative estimate of drug-likeness (QED) is 0.475. The van der Waals surface area contributed by atoms with Crippen LogP contribution in [0.25, 0.3) is 0 Å². The Balaban J connectivity index is 2.94. The fourth-order valence-corrected chi connectivity index (χ4v) is 2.19. The Hall–Kier alpha value is -1.97. The molecule has 1 rings (SSSR count). The number of Topliss-reactive ketones (excluding diaryl/α,β-unsaturated/α-hetero) is 2. The molecule has 0 aliphatic carbocycles. The Morgan fingerprint density at radius 2 is 1.73 bits per heavy atom. The monoisotopic (exact) mass is 304 g/mol. The van der Waals surface area contributed by atoms with Crippen LogP contribution >= 0.6 is 0 Å². The predicted octanol–water partition coefficient (Wildman–Crippen LogP) is 3.42. The molecule has 1 atom stereocenters. The first kappa shape index (κ1) is 18.1. The van der Waals surface area contributed by atoms with Gasteiger partial charge in [0.2, 0.25) is 0 Å². The normalized spacial score (nSPS) is 12.6. The molecule has 0 fully saturated rings. The molecule has 0 N–H and O–H groups in total. The molecular weight excluding hydrogens is 280 g/mol. The predicted molar refractivity (Wildman–Crippen MR) is 84.9 cm³/mol. The number of rotatable bonds is 5. The summed E-state index contributed by atoms with van der Waals surface area (Å²) in [6.45, 7) is 10.3. The summed E-state index contributed by atoms with van der Waals surface area (Å²) in [5, 5.41) is 0. The van der Waals surface area contributed by atoms with Gasteiger partial charge < -0.3 is 4.74 Å². The number of carbonyl (C=O) groups is 3. The zero-order chi connectivity index (χ0) is 17.1. The van der Waals surface area contributed by atoms with E-state index in [1.54, 1.807) is 26.8 Å². The van der Waals surface area contributed by atoms with E-state index < -0.39 is 17.5 Å². The molecule has 0 amide bonds. The van der Waals surface area contributed by atoms with Crippen LogP contribution in [0.2, 0.25) is 0 Å². The number of ether oxygens (including phenoxy) is 1. The zero-order valence-corrected chi connectivity index (χ0v) is 14.1. The fourth-order valence-electron chi connectivity index (χ4n) is 2.19. The third kappa shape index (κ3) is 5.10. The summed E-state index contributed by atoms with van der Waals surface area (Å²) in [7, 11) is 0. The van der Waals surface area contributed by atoms with Crippen LogP contribution in [0.15, 0.2) is 18.2 Å². The number of benzene rings is 1. The molecule has 0 aliphatic rings. The van der Waals surface area contributed by atoms with Gasteiger partial charge in [-0.2, -0.15) is 0 Å². The third-order valence-corrected chi connectivity index (χ3v) is 3.25. The highest BCUT2D eigenvalue weighted by atomic mass is 16.6. The third-order valence-electron chi connectivity index (χ3n) is 3.25. The van der Waals surface area contributed by atoms with E-state index in [1.807, 2.05) is 26.0 Å². The first-order valence-corrected chi connectivity index (χ1v) is 7.35. The molecule has 0 bridgehead atoms. The Morgan fingerprint density at radius 3 is 2.18 bits per heavy atom. The van der Waals surface area contributed by atoms with Gasteiger partial charge in [0.05, 0.1) is 0 Å². The Bertz CT molecular complexity index is 594. The van der Waals surface area contributed by atoms with Gasteiger partial charge in [-0.1, -0.05) is 23.8 Å². The highest BCUT2D eigenvalue weighted by Gasteiger charge is 2.31. The first-order valence-electron chi connectivity index (χ1n) is 7.35. The summed E-state index contributed by atoms with van der Waals surface area (Å²) in [6.07, 6.45) is -0.159. The van der Waals surface area contributed by atoms with Crippen LogP contribution in [0.3, 0.4) is 0 Å². The van der Waals surface area contributed by atoms with Crippen molar-refractivity contribution >= 4 is 17.5 Å². The Kier molecular flexibility index (Phi) is 5.64. The molecule has 22 heavy (non-hydrogen) atoms. The standard InChI is InChI=1S/C18H24O4/c1-11-7-8-14(12(2)9-11)16(20)10-15(13(3)19)17(21)22-18(4,5)6/h7-9,15H,10H2,1-6H3/t15-/m1/s1. The van der Waals surface area contributed by atoms with E-state index >= 15 is 0 Å². The minimum Gasteiger partial charge on any atom is -0.459 e. The van der Waals surface area contributed by atoms with Gasteiger partial charge in [0.1, 0.15) is 17.3 Å². The van der Waals surface area contributed by atoms with E-state index in [1.165, 1.54) is 6.92 Å². The second-order valence-corrected chi connectivity index (χ2v) is 6.64. The van der Waals surface area contributed by atoms with E-state index in [2.05, 4.69) is 0 Å². The van der Waals surface area contributed by atoms with Crippen LogP contribution in [0.4, 0.5) is 0 Å². The molecule has 0 aromatic heterocycles. The second-order valence-electron chi connectivity index (χ2n) is 6.64. The summed E-state index contributed by atoms with van der Waals surface area (Å²) in [6, 6.07) is 5.49. The SMILES string of the molecule is CC(=O)[C@@H](CC(=O)c1ccc(C)cc1C)C(=O)OC(C)(C)C. The number of hydrogen-bond acceptors (Lipinski definition) is 4. The summed E-state index contributed by atoms with van der Waals surface area (Å²) in [5.74, 6) is -2.26.